The standard InChI is InChI=1S/C11H16ClN3O3S/c1-6(2)10(13)11(16)15-9-5-7(19(14,17)18)3-4-8(9)12/h3-6,10H,13H2,1-2H3,(H,15,16)(H2,14,17,18)/t10-/m0/s1. The lowest BCUT2D eigenvalue weighted by molar-refractivity contribution is -0.118. The van der Waals surface area contributed by atoms with Gasteiger partial charge in [0.15, 0.2) is 0 Å². The van der Waals surface area contributed by atoms with Crippen molar-refractivity contribution in [2.45, 2.75) is 24.8 Å². The maximum atomic E-state index is 11.8. The first-order chi connectivity index (χ1) is 8.62. The van der Waals surface area contributed by atoms with Crippen LogP contribution in [-0.2, 0) is 14.8 Å². The summed E-state index contributed by atoms with van der Waals surface area (Å²) < 4.78 is 22.4. The Labute approximate surface area is 117 Å². The fourth-order valence-electron chi connectivity index (χ4n) is 1.30. The van der Waals surface area contributed by atoms with Crippen LogP contribution in [0.4, 0.5) is 5.69 Å². The fraction of sp³-hybridized carbons (Fsp3) is 0.364. The van der Waals surface area contributed by atoms with Gasteiger partial charge in [-0.1, -0.05) is 25.4 Å². The molecule has 6 nitrogen and oxygen atoms in total. The molecule has 0 fully saturated rings. The van der Waals surface area contributed by atoms with Crippen LogP contribution in [0.5, 0.6) is 0 Å². The third kappa shape index (κ3) is 4.17. The first-order valence-corrected chi connectivity index (χ1v) is 7.44. The van der Waals surface area contributed by atoms with E-state index >= 15 is 0 Å². The van der Waals surface area contributed by atoms with Crippen LogP contribution in [0.2, 0.25) is 5.02 Å². The molecule has 1 aromatic rings. The third-order valence-corrected chi connectivity index (χ3v) is 3.79. The van der Waals surface area contributed by atoms with E-state index in [1.165, 1.54) is 18.2 Å². The average Bonchev–Trinajstić information content (AvgIpc) is 2.29. The molecule has 1 atom stereocenters. The molecule has 0 unspecified atom stereocenters. The molecule has 8 heteroatoms. The topological polar surface area (TPSA) is 115 Å². The zero-order chi connectivity index (χ0) is 14.8. The summed E-state index contributed by atoms with van der Waals surface area (Å²) in [6, 6.07) is 3.09. The predicted molar refractivity (Wildman–Crippen MR) is 74.3 cm³/mol. The minimum Gasteiger partial charge on any atom is -0.323 e. The Kier molecular flexibility index (Phi) is 4.92. The highest BCUT2D eigenvalue weighted by molar-refractivity contribution is 7.89. The summed E-state index contributed by atoms with van der Waals surface area (Å²) in [6.45, 7) is 3.60. The van der Waals surface area contributed by atoms with Crippen molar-refractivity contribution in [3.05, 3.63) is 23.2 Å². The summed E-state index contributed by atoms with van der Waals surface area (Å²) in [4.78, 5) is 11.7. The van der Waals surface area contributed by atoms with Crippen LogP contribution in [0.25, 0.3) is 0 Å². The normalized spacial score (nSPS) is 13.4. The van der Waals surface area contributed by atoms with Gasteiger partial charge in [0.05, 0.1) is 21.6 Å². The second-order valence-electron chi connectivity index (χ2n) is 4.45. The van der Waals surface area contributed by atoms with Gasteiger partial charge < -0.3 is 11.1 Å². The molecule has 1 rings (SSSR count). The second kappa shape index (κ2) is 5.87. The van der Waals surface area contributed by atoms with E-state index < -0.39 is 22.0 Å². The lowest BCUT2D eigenvalue weighted by Crippen LogP contribution is -2.39. The van der Waals surface area contributed by atoms with Crippen molar-refractivity contribution in [3.8, 4) is 0 Å². The van der Waals surface area contributed by atoms with Crippen LogP contribution in [0.1, 0.15) is 13.8 Å². The van der Waals surface area contributed by atoms with E-state index in [0.717, 1.165) is 0 Å². The monoisotopic (exact) mass is 305 g/mol. The average molecular weight is 306 g/mol. The molecule has 0 aliphatic rings. The van der Waals surface area contributed by atoms with E-state index in [9.17, 15) is 13.2 Å². The molecule has 1 aromatic carbocycles. The summed E-state index contributed by atoms with van der Waals surface area (Å²) >= 11 is 5.88. The van der Waals surface area contributed by atoms with Crippen LogP contribution in [0.15, 0.2) is 23.1 Å². The molecule has 0 bridgehead atoms. The minimum absolute atomic E-state index is 0.0554. The fourth-order valence-corrected chi connectivity index (χ4v) is 2.00. The number of nitrogens with one attached hydrogen (secondary N) is 1. The molecule has 0 radical (unpaired) electrons. The van der Waals surface area contributed by atoms with E-state index in [1.807, 2.05) is 0 Å². The SMILES string of the molecule is CC(C)[C@H](N)C(=O)Nc1cc(S(N)(=O)=O)ccc1Cl. The number of benzene rings is 1. The van der Waals surface area contributed by atoms with Crippen molar-refractivity contribution >= 4 is 33.2 Å². The van der Waals surface area contributed by atoms with E-state index in [4.69, 9.17) is 22.5 Å². The molecule has 0 heterocycles. The van der Waals surface area contributed by atoms with Crippen LogP contribution in [0.3, 0.4) is 0 Å². The van der Waals surface area contributed by atoms with E-state index in [-0.39, 0.29) is 21.5 Å². The van der Waals surface area contributed by atoms with Gasteiger partial charge in [0.2, 0.25) is 15.9 Å². The third-order valence-electron chi connectivity index (χ3n) is 2.55. The smallest absolute Gasteiger partial charge is 0.241 e. The second-order valence-corrected chi connectivity index (χ2v) is 6.41. The highest BCUT2D eigenvalue weighted by Gasteiger charge is 2.19. The summed E-state index contributed by atoms with van der Waals surface area (Å²) in [7, 11) is -3.86. The summed E-state index contributed by atoms with van der Waals surface area (Å²) in [6.07, 6.45) is 0. The van der Waals surface area contributed by atoms with Crippen LogP contribution in [0, 0.1) is 5.92 Å². The van der Waals surface area contributed by atoms with Gasteiger partial charge in [-0.3, -0.25) is 4.79 Å². The Bertz CT molecular complexity index is 587. The molecule has 0 aromatic heterocycles. The van der Waals surface area contributed by atoms with E-state index in [0.29, 0.717) is 0 Å². The molecule has 1 amide bonds. The first-order valence-electron chi connectivity index (χ1n) is 5.51. The van der Waals surface area contributed by atoms with Crippen LogP contribution in [-0.4, -0.2) is 20.4 Å². The van der Waals surface area contributed by atoms with Gasteiger partial charge in [0.25, 0.3) is 0 Å². The number of rotatable bonds is 4. The van der Waals surface area contributed by atoms with Gasteiger partial charge in [-0.15, -0.1) is 0 Å². The minimum atomic E-state index is -3.86. The van der Waals surface area contributed by atoms with Crippen molar-refractivity contribution in [1.29, 1.82) is 0 Å². The van der Waals surface area contributed by atoms with Gasteiger partial charge in [-0.25, -0.2) is 13.6 Å². The molecular weight excluding hydrogens is 290 g/mol. The molecule has 0 saturated heterocycles. The Morgan fingerprint density at radius 2 is 1.95 bits per heavy atom. The number of nitrogens with two attached hydrogens (primary N) is 2. The quantitative estimate of drug-likeness (QED) is 0.766. The van der Waals surface area contributed by atoms with E-state index in [1.54, 1.807) is 13.8 Å². The van der Waals surface area contributed by atoms with Crippen molar-refractivity contribution < 1.29 is 13.2 Å². The zero-order valence-corrected chi connectivity index (χ0v) is 12.1. The zero-order valence-electron chi connectivity index (χ0n) is 10.6. The molecular formula is C11H16ClN3O3S. The van der Waals surface area contributed by atoms with Crippen molar-refractivity contribution in [1.82, 2.24) is 0 Å². The molecule has 5 N–H and O–H groups in total. The Balaban J connectivity index is 3.05. The highest BCUT2D eigenvalue weighted by atomic mass is 35.5. The molecule has 0 aliphatic heterocycles. The maximum Gasteiger partial charge on any atom is 0.241 e. The number of carbonyl (C=O) groups is 1. The van der Waals surface area contributed by atoms with Crippen molar-refractivity contribution in [2.75, 3.05) is 5.32 Å². The number of hydrogen-bond donors (Lipinski definition) is 3. The number of hydrogen-bond acceptors (Lipinski definition) is 4. The van der Waals surface area contributed by atoms with E-state index in [2.05, 4.69) is 5.32 Å². The number of anilines is 1. The van der Waals surface area contributed by atoms with Gasteiger partial charge in [0.1, 0.15) is 0 Å². The highest BCUT2D eigenvalue weighted by Crippen LogP contribution is 2.25. The number of primary sulfonamides is 1. The van der Waals surface area contributed by atoms with Gasteiger partial charge in [0, 0.05) is 0 Å². The van der Waals surface area contributed by atoms with Gasteiger partial charge >= 0.3 is 0 Å². The number of sulfonamides is 1. The largest absolute Gasteiger partial charge is 0.323 e. The van der Waals surface area contributed by atoms with Gasteiger partial charge in [-0.05, 0) is 24.1 Å². The number of amides is 1. The van der Waals surface area contributed by atoms with Crippen LogP contribution < -0.4 is 16.2 Å². The molecule has 0 aliphatic carbocycles. The predicted octanol–water partition coefficient (Wildman–Crippen LogP) is 0.909. The lowest BCUT2D eigenvalue weighted by Gasteiger charge is -2.16. The Morgan fingerprint density at radius 1 is 1.37 bits per heavy atom. The molecule has 0 spiro atoms. The van der Waals surface area contributed by atoms with Gasteiger partial charge in [-0.2, -0.15) is 0 Å². The molecule has 106 valence electrons. The summed E-state index contributed by atoms with van der Waals surface area (Å²) in [5, 5.41) is 7.70. The number of carbonyl (C=O) groups excluding carboxylic acids is 1. The summed E-state index contributed by atoms with van der Waals surface area (Å²) in [5.41, 5.74) is 5.85. The summed E-state index contributed by atoms with van der Waals surface area (Å²) in [5.74, 6) is -0.497. The number of halogens is 1. The Morgan fingerprint density at radius 3 is 2.42 bits per heavy atom. The first kappa shape index (κ1) is 15.9. The van der Waals surface area contributed by atoms with Crippen molar-refractivity contribution in [3.63, 3.8) is 0 Å². The maximum absolute atomic E-state index is 11.8. The van der Waals surface area contributed by atoms with Crippen LogP contribution >= 0.6 is 11.6 Å². The molecule has 19 heavy (non-hydrogen) atoms. The van der Waals surface area contributed by atoms with Crippen molar-refractivity contribution in [2.24, 2.45) is 16.8 Å². The Hall–Kier alpha value is -1.15. The molecule has 0 saturated carbocycles. The lowest BCUT2D eigenvalue weighted by atomic mass is 10.1.